The molecule has 17 heavy (non-hydrogen) atoms. The van der Waals surface area contributed by atoms with E-state index in [-0.39, 0.29) is 18.3 Å². The summed E-state index contributed by atoms with van der Waals surface area (Å²) in [6.45, 7) is 4.27. The molecule has 0 saturated carbocycles. The van der Waals surface area contributed by atoms with Crippen molar-refractivity contribution in [3.63, 3.8) is 0 Å². The van der Waals surface area contributed by atoms with Gasteiger partial charge in [-0.2, -0.15) is 0 Å². The van der Waals surface area contributed by atoms with E-state index in [1.165, 1.54) is 0 Å². The Morgan fingerprint density at radius 1 is 1.59 bits per heavy atom. The molecule has 0 aliphatic rings. The van der Waals surface area contributed by atoms with Gasteiger partial charge in [0.1, 0.15) is 5.69 Å². The molecule has 0 saturated heterocycles. The second kappa shape index (κ2) is 6.20. The summed E-state index contributed by atoms with van der Waals surface area (Å²) < 4.78 is 0. The van der Waals surface area contributed by atoms with E-state index in [4.69, 9.17) is 10.8 Å². The third kappa shape index (κ3) is 4.03. The number of amides is 1. The summed E-state index contributed by atoms with van der Waals surface area (Å²) in [5.41, 5.74) is 6.19. The molecular weight excluding hydrogens is 218 g/mol. The number of aliphatic hydroxyl groups is 1. The molecule has 0 aliphatic carbocycles. The van der Waals surface area contributed by atoms with Crippen molar-refractivity contribution in [3.8, 4) is 0 Å². The summed E-state index contributed by atoms with van der Waals surface area (Å²) in [5.74, 6) is -0.163. The summed E-state index contributed by atoms with van der Waals surface area (Å²) >= 11 is 0. The summed E-state index contributed by atoms with van der Waals surface area (Å²) in [4.78, 5) is 14.9. The lowest BCUT2D eigenvalue weighted by Gasteiger charge is -2.22. The van der Waals surface area contributed by atoms with Gasteiger partial charge < -0.3 is 16.2 Å². The van der Waals surface area contributed by atoms with Crippen LogP contribution in [0.5, 0.6) is 0 Å². The highest BCUT2D eigenvalue weighted by Gasteiger charge is 2.13. The van der Waals surface area contributed by atoms with Gasteiger partial charge in [-0.15, -0.1) is 0 Å². The molecule has 0 bridgehead atoms. The van der Waals surface area contributed by atoms with Crippen LogP contribution in [0.25, 0.3) is 0 Å². The number of primary amides is 1. The number of nitrogens with one attached hydrogen (secondary N) is 1. The van der Waals surface area contributed by atoms with Gasteiger partial charge in [0.05, 0.1) is 0 Å². The highest BCUT2D eigenvalue weighted by Crippen LogP contribution is 2.15. The topological polar surface area (TPSA) is 88.2 Å². The van der Waals surface area contributed by atoms with E-state index in [0.717, 1.165) is 5.69 Å². The molecule has 1 rings (SSSR count). The highest BCUT2D eigenvalue weighted by atomic mass is 16.3. The molecule has 94 valence electrons. The van der Waals surface area contributed by atoms with Crippen LogP contribution in [0.3, 0.4) is 0 Å². The van der Waals surface area contributed by atoms with Gasteiger partial charge >= 0.3 is 0 Å². The fourth-order valence-corrected chi connectivity index (χ4v) is 1.58. The number of pyridine rings is 1. The molecule has 1 amide bonds. The Hall–Kier alpha value is -1.62. The zero-order valence-electron chi connectivity index (χ0n) is 10.2. The first kappa shape index (κ1) is 13.4. The van der Waals surface area contributed by atoms with Gasteiger partial charge in [0, 0.05) is 24.5 Å². The second-order valence-corrected chi connectivity index (χ2v) is 4.30. The SMILES string of the molecule is CC(C)C(CCO)Nc1ccnc(C(N)=O)c1. The average Bonchev–Trinajstić information content (AvgIpc) is 2.28. The van der Waals surface area contributed by atoms with Crippen LogP contribution in [-0.4, -0.2) is 28.6 Å². The minimum absolute atomic E-state index is 0.129. The molecule has 0 aromatic carbocycles. The largest absolute Gasteiger partial charge is 0.396 e. The standard InChI is InChI=1S/C12H19N3O2/c1-8(2)10(4-6-16)15-9-3-5-14-11(7-9)12(13)17/h3,5,7-8,10,16H,4,6H2,1-2H3,(H2,13,17)(H,14,15). The summed E-state index contributed by atoms with van der Waals surface area (Å²) in [6, 6.07) is 3.55. The van der Waals surface area contributed by atoms with E-state index in [9.17, 15) is 4.79 Å². The molecule has 0 radical (unpaired) electrons. The number of hydrogen-bond acceptors (Lipinski definition) is 4. The predicted molar refractivity (Wildman–Crippen MR) is 66.7 cm³/mol. The van der Waals surface area contributed by atoms with E-state index in [1.54, 1.807) is 18.3 Å². The zero-order valence-corrected chi connectivity index (χ0v) is 10.2. The molecule has 5 nitrogen and oxygen atoms in total. The second-order valence-electron chi connectivity index (χ2n) is 4.30. The number of anilines is 1. The third-order valence-electron chi connectivity index (χ3n) is 2.61. The first-order chi connectivity index (χ1) is 8.04. The van der Waals surface area contributed by atoms with Crippen molar-refractivity contribution in [2.24, 2.45) is 11.7 Å². The highest BCUT2D eigenvalue weighted by molar-refractivity contribution is 5.91. The van der Waals surface area contributed by atoms with Crippen LogP contribution in [-0.2, 0) is 0 Å². The quantitative estimate of drug-likeness (QED) is 0.688. The van der Waals surface area contributed by atoms with Gasteiger partial charge in [-0.3, -0.25) is 9.78 Å². The number of nitrogens with two attached hydrogens (primary N) is 1. The van der Waals surface area contributed by atoms with Crippen molar-refractivity contribution in [1.29, 1.82) is 0 Å². The zero-order chi connectivity index (χ0) is 12.8. The molecule has 1 aromatic heterocycles. The Morgan fingerprint density at radius 3 is 2.82 bits per heavy atom. The molecule has 4 N–H and O–H groups in total. The van der Waals surface area contributed by atoms with Crippen LogP contribution in [0.15, 0.2) is 18.3 Å². The predicted octanol–water partition coefficient (Wildman–Crippen LogP) is 0.999. The maximum absolute atomic E-state index is 11.0. The van der Waals surface area contributed by atoms with Crippen LogP contribution >= 0.6 is 0 Å². The van der Waals surface area contributed by atoms with Crippen molar-refractivity contribution in [2.75, 3.05) is 11.9 Å². The normalized spacial score (nSPS) is 12.5. The van der Waals surface area contributed by atoms with Crippen molar-refractivity contribution in [2.45, 2.75) is 26.3 Å². The number of carbonyl (C=O) groups excluding carboxylic acids is 1. The fraction of sp³-hybridized carbons (Fsp3) is 0.500. The number of aromatic nitrogens is 1. The Kier molecular flexibility index (Phi) is 4.90. The first-order valence-electron chi connectivity index (χ1n) is 5.68. The number of aliphatic hydroxyl groups excluding tert-OH is 1. The smallest absolute Gasteiger partial charge is 0.267 e. The Bertz CT molecular complexity index is 380. The van der Waals surface area contributed by atoms with Gasteiger partial charge in [0.2, 0.25) is 0 Å². The van der Waals surface area contributed by atoms with Crippen LogP contribution < -0.4 is 11.1 Å². The van der Waals surface area contributed by atoms with Gasteiger partial charge in [-0.25, -0.2) is 0 Å². The van der Waals surface area contributed by atoms with Crippen LogP contribution in [0.2, 0.25) is 0 Å². The van der Waals surface area contributed by atoms with E-state index in [1.807, 2.05) is 0 Å². The van der Waals surface area contributed by atoms with Crippen molar-refractivity contribution >= 4 is 11.6 Å². The van der Waals surface area contributed by atoms with E-state index < -0.39 is 5.91 Å². The molecule has 1 aromatic rings. The lowest BCUT2D eigenvalue weighted by Crippen LogP contribution is -2.27. The molecule has 1 heterocycles. The summed E-state index contributed by atoms with van der Waals surface area (Å²) in [5, 5.41) is 12.2. The van der Waals surface area contributed by atoms with Crippen LogP contribution in [0, 0.1) is 5.92 Å². The van der Waals surface area contributed by atoms with Crippen LogP contribution in [0.1, 0.15) is 30.8 Å². The van der Waals surface area contributed by atoms with Gasteiger partial charge in [-0.1, -0.05) is 13.8 Å². The molecular formula is C12H19N3O2. The lowest BCUT2D eigenvalue weighted by molar-refractivity contribution is 0.0995. The maximum Gasteiger partial charge on any atom is 0.267 e. The van der Waals surface area contributed by atoms with Gasteiger partial charge in [0.25, 0.3) is 5.91 Å². The number of rotatable bonds is 6. The summed E-state index contributed by atoms with van der Waals surface area (Å²) in [6.07, 6.45) is 2.20. The van der Waals surface area contributed by atoms with Gasteiger partial charge in [-0.05, 0) is 24.5 Å². The Balaban J connectivity index is 2.78. The number of nitrogens with zero attached hydrogens (tertiary/aromatic N) is 1. The summed E-state index contributed by atoms with van der Waals surface area (Å²) in [7, 11) is 0. The van der Waals surface area contributed by atoms with E-state index in [0.29, 0.717) is 12.3 Å². The van der Waals surface area contributed by atoms with E-state index in [2.05, 4.69) is 24.1 Å². The van der Waals surface area contributed by atoms with Gasteiger partial charge in [0.15, 0.2) is 0 Å². The molecule has 1 unspecified atom stereocenters. The molecule has 5 heteroatoms. The Morgan fingerprint density at radius 2 is 2.29 bits per heavy atom. The molecule has 0 fully saturated rings. The van der Waals surface area contributed by atoms with Crippen molar-refractivity contribution < 1.29 is 9.90 Å². The minimum Gasteiger partial charge on any atom is -0.396 e. The number of carbonyl (C=O) groups is 1. The van der Waals surface area contributed by atoms with Crippen molar-refractivity contribution in [1.82, 2.24) is 4.98 Å². The molecule has 0 spiro atoms. The van der Waals surface area contributed by atoms with Crippen LogP contribution in [0.4, 0.5) is 5.69 Å². The maximum atomic E-state index is 11.0. The lowest BCUT2D eigenvalue weighted by atomic mass is 10.0. The van der Waals surface area contributed by atoms with E-state index >= 15 is 0 Å². The monoisotopic (exact) mass is 237 g/mol. The Labute approximate surface area is 101 Å². The fourth-order valence-electron chi connectivity index (χ4n) is 1.58. The molecule has 1 atom stereocenters. The minimum atomic E-state index is -0.545. The first-order valence-corrected chi connectivity index (χ1v) is 5.68. The average molecular weight is 237 g/mol. The number of hydrogen-bond donors (Lipinski definition) is 3. The van der Waals surface area contributed by atoms with Crippen molar-refractivity contribution in [3.05, 3.63) is 24.0 Å². The molecule has 0 aliphatic heterocycles. The third-order valence-corrected chi connectivity index (χ3v) is 2.61.